The number of halogens is 1. The van der Waals surface area contributed by atoms with E-state index in [1.807, 2.05) is 12.1 Å². The molecule has 0 radical (unpaired) electrons. The predicted octanol–water partition coefficient (Wildman–Crippen LogP) is 2.31. The van der Waals surface area contributed by atoms with E-state index in [-0.39, 0.29) is 11.5 Å². The van der Waals surface area contributed by atoms with Crippen LogP contribution in [0.1, 0.15) is 10.4 Å². The number of fused-ring (bicyclic) bond motifs is 1. The van der Waals surface area contributed by atoms with E-state index in [4.69, 9.17) is 0 Å². The summed E-state index contributed by atoms with van der Waals surface area (Å²) in [5.41, 5.74) is 0.749. The quantitative estimate of drug-likeness (QED) is 0.628. The van der Waals surface area contributed by atoms with Gasteiger partial charge in [-0.25, -0.2) is 9.07 Å². The maximum Gasteiger partial charge on any atom is 0.258 e. The van der Waals surface area contributed by atoms with Crippen LogP contribution in [-0.2, 0) is 0 Å². The Balaban J connectivity index is 1.68. The van der Waals surface area contributed by atoms with Gasteiger partial charge in [-0.2, -0.15) is 14.6 Å². The Morgan fingerprint density at radius 1 is 1.12 bits per heavy atom. The van der Waals surface area contributed by atoms with Gasteiger partial charge >= 0.3 is 0 Å². The summed E-state index contributed by atoms with van der Waals surface area (Å²) in [6.45, 7) is 0. The second-order valence-corrected chi connectivity index (χ2v) is 5.00. The largest absolute Gasteiger partial charge is 0.289 e. The summed E-state index contributed by atoms with van der Waals surface area (Å²) >= 11 is 0. The third-order valence-electron chi connectivity index (χ3n) is 3.39. The van der Waals surface area contributed by atoms with E-state index in [0.717, 1.165) is 6.07 Å². The van der Waals surface area contributed by atoms with E-state index in [9.17, 15) is 9.18 Å². The van der Waals surface area contributed by atoms with Crippen LogP contribution >= 0.6 is 0 Å². The highest BCUT2D eigenvalue weighted by Gasteiger charge is 2.12. The molecule has 8 heteroatoms. The van der Waals surface area contributed by atoms with Gasteiger partial charge in [0.05, 0.1) is 0 Å². The molecule has 3 heterocycles. The van der Waals surface area contributed by atoms with Crippen LogP contribution < -0.4 is 5.32 Å². The van der Waals surface area contributed by atoms with Crippen molar-refractivity contribution in [2.75, 3.05) is 5.32 Å². The number of aromatic nitrogens is 5. The summed E-state index contributed by atoms with van der Waals surface area (Å²) in [7, 11) is 0. The van der Waals surface area contributed by atoms with Crippen molar-refractivity contribution in [3.05, 3.63) is 72.3 Å². The van der Waals surface area contributed by atoms with E-state index in [1.165, 1.54) is 18.2 Å². The first-order valence-corrected chi connectivity index (χ1v) is 7.13. The topological polar surface area (TPSA) is 77.1 Å². The third kappa shape index (κ3) is 2.50. The Morgan fingerprint density at radius 3 is 2.79 bits per heavy atom. The molecular formula is C16H11FN6O. The van der Waals surface area contributed by atoms with Gasteiger partial charge in [-0.05, 0) is 36.4 Å². The van der Waals surface area contributed by atoms with Crippen molar-refractivity contribution in [1.29, 1.82) is 0 Å². The highest BCUT2D eigenvalue weighted by Crippen LogP contribution is 2.13. The van der Waals surface area contributed by atoms with Crippen LogP contribution in [0.2, 0.25) is 0 Å². The lowest BCUT2D eigenvalue weighted by Gasteiger charge is -2.02. The monoisotopic (exact) mass is 322 g/mol. The molecule has 0 aliphatic rings. The van der Waals surface area contributed by atoms with Crippen LogP contribution in [0.3, 0.4) is 0 Å². The summed E-state index contributed by atoms with van der Waals surface area (Å²) in [5, 5.41) is 11.0. The lowest BCUT2D eigenvalue weighted by atomic mass is 10.2. The molecule has 4 rings (SSSR count). The van der Waals surface area contributed by atoms with E-state index in [2.05, 4.69) is 20.5 Å². The van der Waals surface area contributed by atoms with Gasteiger partial charge in [0.15, 0.2) is 11.5 Å². The molecule has 0 bridgehead atoms. The number of nitrogens with one attached hydrogen (secondary N) is 1. The molecule has 24 heavy (non-hydrogen) atoms. The highest BCUT2D eigenvalue weighted by molar-refractivity contribution is 6.03. The van der Waals surface area contributed by atoms with Gasteiger partial charge in [-0.3, -0.25) is 10.1 Å². The normalized spacial score (nSPS) is 10.9. The fraction of sp³-hybridized carbons (Fsp3) is 0. The van der Waals surface area contributed by atoms with Gasteiger partial charge < -0.3 is 0 Å². The van der Waals surface area contributed by atoms with Crippen LogP contribution in [0.4, 0.5) is 10.3 Å². The van der Waals surface area contributed by atoms with Crippen molar-refractivity contribution in [2.24, 2.45) is 0 Å². The molecule has 4 aromatic rings. The summed E-state index contributed by atoms with van der Waals surface area (Å²) in [6, 6.07) is 12.6. The molecule has 0 aliphatic carbocycles. The number of carbonyl (C=O) groups excluding carboxylic acids is 1. The number of rotatable bonds is 3. The molecule has 0 spiro atoms. The minimum Gasteiger partial charge on any atom is -0.289 e. The van der Waals surface area contributed by atoms with Crippen LogP contribution in [0.25, 0.3) is 11.5 Å². The number of carbonyl (C=O) groups is 1. The number of benzene rings is 1. The SMILES string of the molecule is O=C(Nc1nc2cccc(-n3cccn3)n2n1)c1cccc(F)c1. The van der Waals surface area contributed by atoms with Crippen molar-refractivity contribution in [3.8, 4) is 5.82 Å². The predicted molar refractivity (Wildman–Crippen MR) is 84.5 cm³/mol. The summed E-state index contributed by atoms with van der Waals surface area (Å²) < 4.78 is 16.4. The first kappa shape index (κ1) is 14.1. The van der Waals surface area contributed by atoms with Gasteiger partial charge in [0, 0.05) is 18.0 Å². The number of hydrogen-bond acceptors (Lipinski definition) is 4. The first-order valence-electron chi connectivity index (χ1n) is 7.13. The fourth-order valence-corrected chi connectivity index (χ4v) is 2.33. The van der Waals surface area contributed by atoms with Crippen molar-refractivity contribution in [2.45, 2.75) is 0 Å². The average molecular weight is 322 g/mol. The zero-order chi connectivity index (χ0) is 16.5. The van der Waals surface area contributed by atoms with Crippen molar-refractivity contribution in [1.82, 2.24) is 24.4 Å². The Labute approximate surface area is 135 Å². The fourth-order valence-electron chi connectivity index (χ4n) is 2.33. The molecule has 1 N–H and O–H groups in total. The molecule has 7 nitrogen and oxygen atoms in total. The van der Waals surface area contributed by atoms with Crippen molar-refractivity contribution < 1.29 is 9.18 Å². The molecule has 1 amide bonds. The van der Waals surface area contributed by atoms with Gasteiger partial charge in [0.2, 0.25) is 5.95 Å². The summed E-state index contributed by atoms with van der Waals surface area (Å²) in [5.74, 6) is -0.155. The smallest absolute Gasteiger partial charge is 0.258 e. The summed E-state index contributed by atoms with van der Waals surface area (Å²) in [4.78, 5) is 16.4. The van der Waals surface area contributed by atoms with Crippen LogP contribution in [0.5, 0.6) is 0 Å². The molecule has 0 atom stereocenters. The zero-order valence-electron chi connectivity index (χ0n) is 12.3. The van der Waals surface area contributed by atoms with Gasteiger partial charge in [0.25, 0.3) is 5.91 Å². The summed E-state index contributed by atoms with van der Waals surface area (Å²) in [6.07, 6.45) is 3.43. The van der Waals surface area contributed by atoms with Crippen LogP contribution in [-0.4, -0.2) is 30.3 Å². The maximum absolute atomic E-state index is 13.2. The standard InChI is InChI=1S/C16H11FN6O/c17-12-5-1-4-11(10-12)15(24)20-16-19-13-6-2-7-14(23(13)21-16)22-9-3-8-18-22/h1-10H,(H,20,21,24). The van der Waals surface area contributed by atoms with Crippen LogP contribution in [0.15, 0.2) is 60.9 Å². The molecule has 0 aliphatic heterocycles. The number of anilines is 1. The third-order valence-corrected chi connectivity index (χ3v) is 3.39. The van der Waals surface area contributed by atoms with Crippen molar-refractivity contribution >= 4 is 17.5 Å². The minimum atomic E-state index is -0.481. The molecule has 0 saturated carbocycles. The first-order chi connectivity index (χ1) is 11.7. The maximum atomic E-state index is 13.2. The Hall–Kier alpha value is -3.55. The Morgan fingerprint density at radius 2 is 2.00 bits per heavy atom. The molecular weight excluding hydrogens is 311 g/mol. The number of hydrogen-bond donors (Lipinski definition) is 1. The molecule has 0 saturated heterocycles. The molecule has 118 valence electrons. The van der Waals surface area contributed by atoms with Crippen molar-refractivity contribution in [3.63, 3.8) is 0 Å². The number of amides is 1. The minimum absolute atomic E-state index is 0.129. The van der Waals surface area contributed by atoms with E-state index >= 15 is 0 Å². The van der Waals surface area contributed by atoms with E-state index in [1.54, 1.807) is 33.7 Å². The molecule has 1 aromatic carbocycles. The van der Waals surface area contributed by atoms with Gasteiger partial charge in [-0.1, -0.05) is 12.1 Å². The van der Waals surface area contributed by atoms with Gasteiger partial charge in [-0.15, -0.1) is 5.10 Å². The van der Waals surface area contributed by atoms with E-state index in [0.29, 0.717) is 11.5 Å². The number of nitrogens with zero attached hydrogens (tertiary/aromatic N) is 5. The number of pyridine rings is 1. The highest BCUT2D eigenvalue weighted by atomic mass is 19.1. The lowest BCUT2D eigenvalue weighted by molar-refractivity contribution is 0.102. The van der Waals surface area contributed by atoms with Crippen LogP contribution in [0, 0.1) is 5.82 Å². The van der Waals surface area contributed by atoms with Gasteiger partial charge in [0.1, 0.15) is 5.82 Å². The Kier molecular flexibility index (Phi) is 3.27. The Bertz CT molecular complexity index is 1020. The zero-order valence-corrected chi connectivity index (χ0v) is 12.3. The van der Waals surface area contributed by atoms with E-state index < -0.39 is 11.7 Å². The second-order valence-electron chi connectivity index (χ2n) is 5.00. The molecule has 0 fully saturated rings. The molecule has 0 unspecified atom stereocenters. The molecule has 3 aromatic heterocycles. The second kappa shape index (κ2) is 5.58. The average Bonchev–Trinajstić information content (AvgIpc) is 3.23. The lowest BCUT2D eigenvalue weighted by Crippen LogP contribution is -2.13.